The van der Waals surface area contributed by atoms with Crippen molar-refractivity contribution in [3.05, 3.63) is 24.3 Å². The van der Waals surface area contributed by atoms with Gasteiger partial charge in [-0.3, -0.25) is 4.79 Å². The van der Waals surface area contributed by atoms with Crippen molar-refractivity contribution in [2.75, 3.05) is 13.7 Å². The molecule has 1 aromatic heterocycles. The molecule has 0 aliphatic carbocycles. The fraction of sp³-hybridized carbons (Fsp3) is 0.417. The number of ether oxygens (including phenoxy) is 1. The van der Waals surface area contributed by atoms with E-state index in [9.17, 15) is 4.79 Å². The summed E-state index contributed by atoms with van der Waals surface area (Å²) in [6.07, 6.45) is 0. The molecule has 0 aliphatic heterocycles. The van der Waals surface area contributed by atoms with Gasteiger partial charge in [0.15, 0.2) is 0 Å². The molecule has 0 spiro atoms. The summed E-state index contributed by atoms with van der Waals surface area (Å²) >= 11 is 0. The largest absolute Gasteiger partial charge is 0.383 e. The molecule has 2 rings (SSSR count). The molecule has 1 heterocycles. The summed E-state index contributed by atoms with van der Waals surface area (Å²) in [5.41, 5.74) is 1.64. The lowest BCUT2D eigenvalue weighted by Crippen LogP contribution is -2.37. The maximum Gasteiger partial charge on any atom is 0.242 e. The standard InChI is InChI=1S/C12H16N4O2/c1-9(8-18-2)13-12(17)7-16-11-6-4-3-5-10(11)14-15-16/h3-6,9H,7-8H2,1-2H3,(H,13,17)/t9-/m0/s1. The van der Waals surface area contributed by atoms with Gasteiger partial charge in [0.1, 0.15) is 12.1 Å². The number of para-hydroxylation sites is 1. The van der Waals surface area contributed by atoms with Crippen molar-refractivity contribution in [1.82, 2.24) is 20.3 Å². The molecule has 0 saturated heterocycles. The fourth-order valence-corrected chi connectivity index (χ4v) is 1.78. The second kappa shape index (κ2) is 5.59. The van der Waals surface area contributed by atoms with E-state index in [1.807, 2.05) is 31.2 Å². The van der Waals surface area contributed by atoms with Crippen LogP contribution >= 0.6 is 0 Å². The second-order valence-corrected chi connectivity index (χ2v) is 4.16. The molecular formula is C12H16N4O2. The van der Waals surface area contributed by atoms with E-state index in [-0.39, 0.29) is 18.5 Å². The van der Waals surface area contributed by atoms with Crippen molar-refractivity contribution < 1.29 is 9.53 Å². The van der Waals surface area contributed by atoms with Gasteiger partial charge in [0.2, 0.25) is 5.91 Å². The lowest BCUT2D eigenvalue weighted by atomic mass is 10.3. The normalized spacial score (nSPS) is 12.6. The van der Waals surface area contributed by atoms with Gasteiger partial charge in [-0.05, 0) is 19.1 Å². The maximum absolute atomic E-state index is 11.8. The number of amides is 1. The highest BCUT2D eigenvalue weighted by molar-refractivity contribution is 5.79. The van der Waals surface area contributed by atoms with Crippen LogP contribution in [0.1, 0.15) is 6.92 Å². The van der Waals surface area contributed by atoms with Crippen LogP contribution in [-0.4, -0.2) is 40.7 Å². The molecule has 0 bridgehead atoms. The van der Waals surface area contributed by atoms with E-state index in [1.54, 1.807) is 11.8 Å². The molecule has 6 heteroatoms. The number of rotatable bonds is 5. The van der Waals surface area contributed by atoms with Gasteiger partial charge in [-0.2, -0.15) is 0 Å². The molecule has 0 fully saturated rings. The summed E-state index contributed by atoms with van der Waals surface area (Å²) in [7, 11) is 1.60. The summed E-state index contributed by atoms with van der Waals surface area (Å²) < 4.78 is 6.55. The number of hydrogen-bond acceptors (Lipinski definition) is 4. The predicted octanol–water partition coefficient (Wildman–Crippen LogP) is 0.582. The Kier molecular flexibility index (Phi) is 3.88. The molecule has 1 aromatic carbocycles. The van der Waals surface area contributed by atoms with Gasteiger partial charge in [-0.1, -0.05) is 17.3 Å². The number of hydrogen-bond donors (Lipinski definition) is 1. The molecule has 1 amide bonds. The highest BCUT2D eigenvalue weighted by atomic mass is 16.5. The van der Waals surface area contributed by atoms with Gasteiger partial charge in [0, 0.05) is 13.2 Å². The Hall–Kier alpha value is -1.95. The van der Waals surface area contributed by atoms with E-state index in [0.717, 1.165) is 11.0 Å². The number of carbonyl (C=O) groups is 1. The van der Waals surface area contributed by atoms with E-state index in [0.29, 0.717) is 6.61 Å². The number of benzene rings is 1. The van der Waals surface area contributed by atoms with Crippen LogP contribution in [0.2, 0.25) is 0 Å². The minimum absolute atomic E-state index is 0.0164. The fourth-order valence-electron chi connectivity index (χ4n) is 1.78. The van der Waals surface area contributed by atoms with Crippen molar-refractivity contribution in [3.8, 4) is 0 Å². The van der Waals surface area contributed by atoms with Gasteiger partial charge in [-0.15, -0.1) is 5.10 Å². The summed E-state index contributed by atoms with van der Waals surface area (Å²) in [5.74, 6) is -0.102. The summed E-state index contributed by atoms with van der Waals surface area (Å²) in [5, 5.41) is 10.8. The Morgan fingerprint density at radius 2 is 2.28 bits per heavy atom. The van der Waals surface area contributed by atoms with Crippen LogP contribution in [0.25, 0.3) is 11.0 Å². The summed E-state index contributed by atoms with van der Waals surface area (Å²) in [6.45, 7) is 2.54. The molecule has 2 aromatic rings. The first-order valence-electron chi connectivity index (χ1n) is 5.77. The summed E-state index contributed by atoms with van der Waals surface area (Å²) in [6, 6.07) is 7.53. The minimum atomic E-state index is -0.102. The molecule has 18 heavy (non-hydrogen) atoms. The van der Waals surface area contributed by atoms with Crippen molar-refractivity contribution >= 4 is 16.9 Å². The van der Waals surface area contributed by atoms with Crippen LogP contribution in [0.5, 0.6) is 0 Å². The van der Waals surface area contributed by atoms with Gasteiger partial charge >= 0.3 is 0 Å². The van der Waals surface area contributed by atoms with E-state index >= 15 is 0 Å². The van der Waals surface area contributed by atoms with Crippen LogP contribution in [0.15, 0.2) is 24.3 Å². The third-order valence-corrected chi connectivity index (χ3v) is 2.54. The molecule has 0 radical (unpaired) electrons. The first-order valence-corrected chi connectivity index (χ1v) is 5.77. The van der Waals surface area contributed by atoms with Crippen molar-refractivity contribution in [1.29, 1.82) is 0 Å². The third kappa shape index (κ3) is 2.84. The zero-order chi connectivity index (χ0) is 13.0. The van der Waals surface area contributed by atoms with Crippen molar-refractivity contribution in [2.45, 2.75) is 19.5 Å². The van der Waals surface area contributed by atoms with Gasteiger partial charge < -0.3 is 10.1 Å². The number of methoxy groups -OCH3 is 1. The van der Waals surface area contributed by atoms with E-state index in [2.05, 4.69) is 15.6 Å². The van der Waals surface area contributed by atoms with Crippen molar-refractivity contribution in [3.63, 3.8) is 0 Å². The monoisotopic (exact) mass is 248 g/mol. The highest BCUT2D eigenvalue weighted by Crippen LogP contribution is 2.09. The minimum Gasteiger partial charge on any atom is -0.383 e. The number of nitrogens with zero attached hydrogens (tertiary/aromatic N) is 3. The van der Waals surface area contributed by atoms with Gasteiger partial charge in [-0.25, -0.2) is 4.68 Å². The Bertz CT molecular complexity index is 538. The van der Waals surface area contributed by atoms with E-state index in [4.69, 9.17) is 4.74 Å². The zero-order valence-corrected chi connectivity index (χ0v) is 10.5. The predicted molar refractivity (Wildman–Crippen MR) is 67.0 cm³/mol. The van der Waals surface area contributed by atoms with Gasteiger partial charge in [0.25, 0.3) is 0 Å². The lowest BCUT2D eigenvalue weighted by Gasteiger charge is -2.12. The number of aromatic nitrogens is 3. The van der Waals surface area contributed by atoms with Crippen LogP contribution in [-0.2, 0) is 16.1 Å². The highest BCUT2D eigenvalue weighted by Gasteiger charge is 2.10. The molecule has 96 valence electrons. The molecule has 1 N–H and O–H groups in total. The Morgan fingerprint density at radius 1 is 1.50 bits per heavy atom. The van der Waals surface area contributed by atoms with Crippen LogP contribution in [0.4, 0.5) is 0 Å². The number of nitrogens with one attached hydrogen (secondary N) is 1. The van der Waals surface area contributed by atoms with Crippen molar-refractivity contribution in [2.24, 2.45) is 0 Å². The molecule has 0 aliphatic rings. The SMILES string of the molecule is COC[C@H](C)NC(=O)Cn1nnc2ccccc21. The third-order valence-electron chi connectivity index (χ3n) is 2.54. The van der Waals surface area contributed by atoms with E-state index in [1.165, 1.54) is 0 Å². The zero-order valence-electron chi connectivity index (χ0n) is 10.5. The first kappa shape index (κ1) is 12.5. The average Bonchev–Trinajstić information content (AvgIpc) is 2.73. The Balaban J connectivity index is 2.03. The first-order chi connectivity index (χ1) is 8.70. The second-order valence-electron chi connectivity index (χ2n) is 4.16. The Morgan fingerprint density at radius 3 is 3.06 bits per heavy atom. The summed E-state index contributed by atoms with van der Waals surface area (Å²) in [4.78, 5) is 11.8. The lowest BCUT2D eigenvalue weighted by molar-refractivity contribution is -0.122. The number of carbonyl (C=O) groups excluding carboxylic acids is 1. The topological polar surface area (TPSA) is 69.0 Å². The molecule has 0 unspecified atom stereocenters. The van der Waals surface area contributed by atoms with Crippen LogP contribution < -0.4 is 5.32 Å². The van der Waals surface area contributed by atoms with Gasteiger partial charge in [0.05, 0.1) is 12.1 Å². The van der Waals surface area contributed by atoms with Crippen LogP contribution in [0.3, 0.4) is 0 Å². The average molecular weight is 248 g/mol. The molecular weight excluding hydrogens is 232 g/mol. The quantitative estimate of drug-likeness (QED) is 0.840. The maximum atomic E-state index is 11.8. The van der Waals surface area contributed by atoms with Crippen LogP contribution in [0, 0.1) is 0 Å². The molecule has 1 atom stereocenters. The number of fused-ring (bicyclic) bond motifs is 1. The smallest absolute Gasteiger partial charge is 0.242 e. The van der Waals surface area contributed by atoms with E-state index < -0.39 is 0 Å². The Labute approximate surface area is 105 Å². The molecule has 6 nitrogen and oxygen atoms in total. The molecule has 0 saturated carbocycles.